The van der Waals surface area contributed by atoms with Crippen LogP contribution in [0.15, 0.2) is 437 Å². The number of benzene rings is 18. The summed E-state index contributed by atoms with van der Waals surface area (Å²) >= 11 is 0. The van der Waals surface area contributed by atoms with Crippen LogP contribution in [-0.4, -0.2) is 4.98 Å². The number of aromatic nitrogens is 1. The van der Waals surface area contributed by atoms with Crippen molar-refractivity contribution in [3.05, 3.63) is 454 Å². The summed E-state index contributed by atoms with van der Waals surface area (Å²) in [6, 6.07) is 149. The molecular formula is C126H159N. The van der Waals surface area contributed by atoms with Gasteiger partial charge in [0.15, 0.2) is 0 Å². The molecule has 1 aromatic heterocycles. The summed E-state index contributed by atoms with van der Waals surface area (Å²) in [4.78, 5) is 4.25. The van der Waals surface area contributed by atoms with Gasteiger partial charge in [-0.15, -0.1) is 0 Å². The lowest BCUT2D eigenvalue weighted by Crippen LogP contribution is -1.87. The fraction of sp³-hybridized carbons (Fsp3) is 0.230. The number of nitrogens with zero attached hydrogens (tertiary/aromatic N) is 1. The zero-order valence-electron chi connectivity index (χ0n) is 83.5. The van der Waals surface area contributed by atoms with E-state index in [4.69, 9.17) is 0 Å². The fourth-order valence-corrected chi connectivity index (χ4v) is 12.5. The van der Waals surface area contributed by atoms with Gasteiger partial charge in [-0.25, -0.2) is 0 Å². The second-order valence-corrected chi connectivity index (χ2v) is 24.6. The van der Waals surface area contributed by atoms with Crippen molar-refractivity contribution in [3.8, 4) is 33.5 Å². The van der Waals surface area contributed by atoms with Crippen molar-refractivity contribution in [2.45, 2.75) is 201 Å². The van der Waals surface area contributed by atoms with E-state index in [-0.39, 0.29) is 0 Å². The molecule has 0 amide bonds. The number of hydrogen-bond acceptors (Lipinski definition) is 1. The van der Waals surface area contributed by atoms with Crippen LogP contribution in [0.25, 0.3) is 120 Å². The smallest absolute Gasteiger partial charge is 0.0701 e. The van der Waals surface area contributed by atoms with Crippen LogP contribution in [-0.2, 0) is 0 Å². The van der Waals surface area contributed by atoms with Crippen molar-refractivity contribution < 1.29 is 0 Å². The van der Waals surface area contributed by atoms with Crippen LogP contribution in [0.1, 0.15) is 197 Å². The van der Waals surface area contributed by atoms with Crippen LogP contribution in [0, 0.1) is 20.8 Å². The molecule has 0 radical (unpaired) electrons. The third-order valence-corrected chi connectivity index (χ3v) is 17.8. The second kappa shape index (κ2) is 78.0. The Bertz CT molecular complexity index is 5210. The van der Waals surface area contributed by atoms with E-state index in [2.05, 4.69) is 384 Å². The molecule has 0 unspecified atom stereocenters. The maximum atomic E-state index is 4.25. The normalized spacial score (nSPS) is 8.83. The lowest BCUT2D eigenvalue weighted by Gasteiger charge is -2.11. The molecule has 1 nitrogen and oxygen atoms in total. The molecule has 0 saturated heterocycles. The highest BCUT2D eigenvalue weighted by Gasteiger charge is 2.07. The van der Waals surface area contributed by atoms with Crippen molar-refractivity contribution in [2.24, 2.45) is 0 Å². The minimum absolute atomic E-state index is 1.03. The Morgan fingerprint density at radius 1 is 0.134 bits per heavy atom. The standard InChI is InChI=1S/C16H14.C16H12.2C14H10.C12H10.C11H9N.C10H8.C7H8.13C2H6/c1-11-13-7-3-5-9-15(13)12(2)16-10-6-4-8-14(11)16;1-2-6-13(7-3-1)16-11-10-14-8-4-5-9-15(14)12-16;1-3-7-13-11(5-1)9-10-12-6-2-4-8-14(12)13;1-2-6-12-10-14-8-4-3-7-13(14)9-11(12)5-1;1-3-7-11(8-4-1)12-9-5-2-6-10-12;1-2-6-10(7-3-1)11-8-4-5-9-12-11;1-2-6-10-8-4-3-7-9(10)5-1;1-7-5-3-2-4-6-7;13*1-2/h3-10H,1-2H3;1-12H;2*1-10H;1-10H;1-9H;1-8H;2-6H,1H3;13*1-2H3. The molecule has 0 aliphatic rings. The number of aryl methyl sites for hydroxylation is 3. The molecule has 1 heterocycles. The van der Waals surface area contributed by atoms with Gasteiger partial charge in [0, 0.05) is 11.8 Å². The van der Waals surface area contributed by atoms with Crippen molar-refractivity contribution in [3.63, 3.8) is 0 Å². The van der Waals surface area contributed by atoms with Gasteiger partial charge in [-0.1, -0.05) is 586 Å². The minimum Gasteiger partial charge on any atom is -0.256 e. The van der Waals surface area contributed by atoms with Crippen LogP contribution in [0.4, 0.5) is 0 Å². The van der Waals surface area contributed by atoms with Gasteiger partial charge in [0.2, 0.25) is 0 Å². The minimum atomic E-state index is 1.03. The van der Waals surface area contributed by atoms with Crippen molar-refractivity contribution in [1.82, 2.24) is 4.98 Å². The van der Waals surface area contributed by atoms with Crippen molar-refractivity contribution in [2.75, 3.05) is 0 Å². The fourth-order valence-electron chi connectivity index (χ4n) is 12.5. The van der Waals surface area contributed by atoms with E-state index >= 15 is 0 Å². The summed E-state index contributed by atoms with van der Waals surface area (Å²) < 4.78 is 0. The third kappa shape index (κ3) is 41.2. The van der Waals surface area contributed by atoms with Gasteiger partial charge < -0.3 is 0 Å². The summed E-state index contributed by atoms with van der Waals surface area (Å²) in [5, 5.41) is 21.2. The molecule has 0 aliphatic heterocycles. The molecular weight excluding hydrogens is 1530 g/mol. The molecule has 18 aromatic carbocycles. The van der Waals surface area contributed by atoms with Crippen LogP contribution >= 0.6 is 0 Å². The van der Waals surface area contributed by atoms with Crippen LogP contribution in [0.3, 0.4) is 0 Å². The average Bonchev–Trinajstić information content (AvgIpc) is 0.809. The summed E-state index contributed by atoms with van der Waals surface area (Å²) in [6.07, 6.45) is 1.81. The highest BCUT2D eigenvalue weighted by molar-refractivity contribution is 6.08. The Labute approximate surface area is 773 Å². The van der Waals surface area contributed by atoms with Gasteiger partial charge in [0.05, 0.1) is 5.69 Å². The first-order chi connectivity index (χ1) is 62.9. The van der Waals surface area contributed by atoms with Gasteiger partial charge in [0.25, 0.3) is 0 Å². The Morgan fingerprint density at radius 2 is 0.331 bits per heavy atom. The largest absolute Gasteiger partial charge is 0.256 e. The quantitative estimate of drug-likeness (QED) is 0.127. The summed E-state index contributed by atoms with van der Waals surface area (Å²) in [6.45, 7) is 58.5. The van der Waals surface area contributed by atoms with Crippen LogP contribution in [0.5, 0.6) is 0 Å². The Kier molecular flexibility index (Phi) is 71.3. The van der Waals surface area contributed by atoms with Gasteiger partial charge in [-0.05, 0) is 171 Å². The average molecular weight is 1690 g/mol. The molecule has 0 spiro atoms. The first-order valence-electron chi connectivity index (χ1n) is 47.6. The lowest BCUT2D eigenvalue weighted by atomic mass is 9.93. The maximum Gasteiger partial charge on any atom is 0.0701 e. The van der Waals surface area contributed by atoms with Gasteiger partial charge >= 0.3 is 0 Å². The molecule has 0 atom stereocenters. The monoisotopic (exact) mass is 1690 g/mol. The predicted molar refractivity (Wildman–Crippen MR) is 587 cm³/mol. The van der Waals surface area contributed by atoms with E-state index in [0.29, 0.717) is 0 Å². The molecule has 1 heteroatoms. The molecule has 668 valence electrons. The molecule has 19 rings (SSSR count). The lowest BCUT2D eigenvalue weighted by molar-refractivity contribution is 1.33. The highest BCUT2D eigenvalue weighted by Crippen LogP contribution is 2.32. The van der Waals surface area contributed by atoms with E-state index in [9.17, 15) is 0 Å². The van der Waals surface area contributed by atoms with Crippen molar-refractivity contribution in [1.29, 1.82) is 0 Å². The predicted octanol–water partition coefficient (Wildman–Crippen LogP) is 41.4. The highest BCUT2D eigenvalue weighted by atomic mass is 14.7. The maximum absolute atomic E-state index is 4.25. The summed E-state index contributed by atoms with van der Waals surface area (Å²) in [5.41, 5.74) is 11.4. The SMILES string of the molecule is CC.CC.CC.CC.CC.CC.CC.CC.CC.CC.CC.CC.CC.Cc1c2ccccc2c(C)c2ccccc12.Cc1ccccc1.c1ccc(-c2ccc3ccccc3c2)cc1.c1ccc(-c2ccccc2)cc1.c1ccc(-c2ccccn2)cc1.c1ccc2c(c1)ccc1ccccc12.c1ccc2cc3ccccc3cc2c1.c1ccc2ccccc2c1. The number of fused-ring (bicyclic) bond motifs is 9. The van der Waals surface area contributed by atoms with E-state index in [0.717, 1.165) is 11.3 Å². The Balaban J connectivity index is 0. The van der Waals surface area contributed by atoms with Gasteiger partial charge in [-0.3, -0.25) is 4.98 Å². The number of hydrogen-bond donors (Lipinski definition) is 0. The molecule has 19 aromatic rings. The summed E-state index contributed by atoms with van der Waals surface area (Å²) in [7, 11) is 0. The Morgan fingerprint density at radius 3 is 0.591 bits per heavy atom. The molecule has 0 saturated carbocycles. The van der Waals surface area contributed by atoms with Crippen LogP contribution in [0.2, 0.25) is 0 Å². The van der Waals surface area contributed by atoms with Crippen LogP contribution < -0.4 is 0 Å². The van der Waals surface area contributed by atoms with Crippen molar-refractivity contribution >= 4 is 86.2 Å². The molecule has 127 heavy (non-hydrogen) atoms. The first-order valence-corrected chi connectivity index (χ1v) is 47.6. The molecule has 0 bridgehead atoms. The van der Waals surface area contributed by atoms with Gasteiger partial charge in [0.1, 0.15) is 0 Å². The summed E-state index contributed by atoms with van der Waals surface area (Å²) in [5.74, 6) is 0. The first kappa shape index (κ1) is 116. The van der Waals surface area contributed by atoms with E-state index in [1.165, 1.54) is 125 Å². The molecule has 0 N–H and O–H groups in total. The molecule has 0 aliphatic carbocycles. The second-order valence-electron chi connectivity index (χ2n) is 24.6. The zero-order chi connectivity index (χ0) is 95.1. The third-order valence-electron chi connectivity index (χ3n) is 17.8. The molecule has 0 fully saturated rings. The van der Waals surface area contributed by atoms with E-state index < -0.39 is 0 Å². The zero-order valence-corrected chi connectivity index (χ0v) is 83.5. The van der Waals surface area contributed by atoms with E-state index in [1.54, 1.807) is 0 Å². The number of pyridine rings is 1. The van der Waals surface area contributed by atoms with Gasteiger partial charge in [-0.2, -0.15) is 0 Å². The van der Waals surface area contributed by atoms with E-state index in [1.807, 2.05) is 259 Å². The Hall–Kier alpha value is -12.8. The number of rotatable bonds is 3. The topological polar surface area (TPSA) is 12.9 Å².